The van der Waals surface area contributed by atoms with Gasteiger partial charge in [0, 0.05) is 28.8 Å². The molecular weight excluding hydrogens is 366 g/mol. The molecule has 0 aromatic heterocycles. The lowest BCUT2D eigenvalue weighted by atomic mass is 9.81. The number of rotatable bonds is 4. The SMILES string of the molecule is C(=Nc1ccccc1)C1=C(c2ccccc2)Oc2ccccc2[C@H]1c1ccccc1. The topological polar surface area (TPSA) is 21.6 Å². The highest BCUT2D eigenvalue weighted by Crippen LogP contribution is 2.45. The minimum atomic E-state index is 0.0406. The number of ether oxygens (including phenoxy) is 1. The van der Waals surface area contributed by atoms with E-state index in [9.17, 15) is 0 Å². The zero-order chi connectivity index (χ0) is 20.2. The van der Waals surface area contributed by atoms with Crippen molar-refractivity contribution in [1.82, 2.24) is 0 Å². The van der Waals surface area contributed by atoms with Gasteiger partial charge in [-0.2, -0.15) is 0 Å². The number of benzene rings is 4. The summed E-state index contributed by atoms with van der Waals surface area (Å²) in [5.74, 6) is 1.78. The zero-order valence-electron chi connectivity index (χ0n) is 16.5. The van der Waals surface area contributed by atoms with Crippen LogP contribution in [-0.4, -0.2) is 6.21 Å². The second kappa shape index (κ2) is 8.22. The van der Waals surface area contributed by atoms with E-state index in [0.29, 0.717) is 0 Å². The summed E-state index contributed by atoms with van der Waals surface area (Å²) in [5.41, 5.74) is 5.38. The number of aliphatic imine (C=N–C) groups is 1. The van der Waals surface area contributed by atoms with Crippen molar-refractivity contribution >= 4 is 17.7 Å². The van der Waals surface area contributed by atoms with Crippen molar-refractivity contribution < 1.29 is 4.74 Å². The van der Waals surface area contributed by atoms with E-state index in [-0.39, 0.29) is 5.92 Å². The van der Waals surface area contributed by atoms with Crippen LogP contribution < -0.4 is 4.74 Å². The first kappa shape index (κ1) is 18.1. The molecule has 0 N–H and O–H groups in total. The van der Waals surface area contributed by atoms with Crippen LogP contribution in [0.25, 0.3) is 5.76 Å². The van der Waals surface area contributed by atoms with Gasteiger partial charge in [-0.1, -0.05) is 97.1 Å². The van der Waals surface area contributed by atoms with Gasteiger partial charge in [-0.3, -0.25) is 4.99 Å². The third kappa shape index (κ3) is 3.56. The maximum absolute atomic E-state index is 6.46. The van der Waals surface area contributed by atoms with Gasteiger partial charge in [0.25, 0.3) is 0 Å². The molecule has 0 bridgehead atoms. The molecule has 1 aliphatic heterocycles. The highest BCUT2D eigenvalue weighted by atomic mass is 16.5. The molecule has 0 saturated heterocycles. The predicted molar refractivity (Wildman–Crippen MR) is 123 cm³/mol. The van der Waals surface area contributed by atoms with Crippen LogP contribution in [0.4, 0.5) is 5.69 Å². The van der Waals surface area contributed by atoms with Crippen LogP contribution in [0, 0.1) is 0 Å². The van der Waals surface area contributed by atoms with E-state index in [1.807, 2.05) is 72.9 Å². The van der Waals surface area contributed by atoms with Crippen LogP contribution in [-0.2, 0) is 0 Å². The molecule has 4 aromatic rings. The monoisotopic (exact) mass is 387 g/mol. The fraction of sp³-hybridized carbons (Fsp3) is 0.0357. The molecule has 2 heteroatoms. The lowest BCUT2D eigenvalue weighted by molar-refractivity contribution is 0.489. The quantitative estimate of drug-likeness (QED) is 0.345. The van der Waals surface area contributed by atoms with Crippen LogP contribution in [0.2, 0.25) is 0 Å². The molecule has 5 rings (SSSR count). The molecule has 0 spiro atoms. The number of nitrogens with zero attached hydrogens (tertiary/aromatic N) is 1. The van der Waals surface area contributed by atoms with E-state index < -0.39 is 0 Å². The average Bonchev–Trinajstić information content (AvgIpc) is 2.83. The number of para-hydroxylation sites is 2. The first-order chi connectivity index (χ1) is 14.9. The first-order valence-corrected chi connectivity index (χ1v) is 10.1. The Kier molecular flexibility index (Phi) is 4.97. The Labute approximate surface area is 176 Å². The average molecular weight is 387 g/mol. The molecule has 0 amide bonds. The summed E-state index contributed by atoms with van der Waals surface area (Å²) in [5, 5.41) is 0. The molecule has 4 aromatic carbocycles. The van der Waals surface area contributed by atoms with Crippen molar-refractivity contribution in [2.45, 2.75) is 5.92 Å². The van der Waals surface area contributed by atoms with Gasteiger partial charge in [0.15, 0.2) is 0 Å². The van der Waals surface area contributed by atoms with Gasteiger partial charge in [-0.25, -0.2) is 0 Å². The lowest BCUT2D eigenvalue weighted by Gasteiger charge is -2.30. The van der Waals surface area contributed by atoms with Crippen molar-refractivity contribution in [1.29, 1.82) is 0 Å². The molecule has 2 nitrogen and oxygen atoms in total. The fourth-order valence-electron chi connectivity index (χ4n) is 3.89. The fourth-order valence-corrected chi connectivity index (χ4v) is 3.89. The molecule has 1 atom stereocenters. The van der Waals surface area contributed by atoms with Crippen LogP contribution in [0.5, 0.6) is 5.75 Å². The second-order valence-electron chi connectivity index (χ2n) is 7.23. The smallest absolute Gasteiger partial charge is 0.140 e. The minimum Gasteiger partial charge on any atom is -0.456 e. The Bertz CT molecular complexity index is 1200. The summed E-state index contributed by atoms with van der Waals surface area (Å²) >= 11 is 0. The summed E-state index contributed by atoms with van der Waals surface area (Å²) in [7, 11) is 0. The molecular formula is C28H21NO. The maximum Gasteiger partial charge on any atom is 0.140 e. The van der Waals surface area contributed by atoms with Gasteiger partial charge < -0.3 is 4.74 Å². The Hall–Kier alpha value is -3.91. The standard InChI is InChI=1S/C28H21NO/c1-4-12-21(13-5-1)27-24-18-10-11-19-26(24)30-28(22-14-6-2-7-15-22)25(27)20-29-23-16-8-3-9-17-23/h1-20,27H/t27-/m1/s1. The van der Waals surface area contributed by atoms with Crippen LogP contribution in [0.15, 0.2) is 126 Å². The molecule has 144 valence electrons. The summed E-state index contributed by atoms with van der Waals surface area (Å²) in [6, 6.07) is 39.1. The lowest BCUT2D eigenvalue weighted by Crippen LogP contribution is -2.17. The van der Waals surface area contributed by atoms with E-state index in [2.05, 4.69) is 48.5 Å². The summed E-state index contributed by atoms with van der Waals surface area (Å²) in [6.07, 6.45) is 1.96. The predicted octanol–water partition coefficient (Wildman–Crippen LogP) is 7.02. The van der Waals surface area contributed by atoms with Gasteiger partial charge >= 0.3 is 0 Å². The molecule has 0 saturated carbocycles. The highest BCUT2D eigenvalue weighted by Gasteiger charge is 2.30. The Morgan fingerprint density at radius 1 is 0.633 bits per heavy atom. The van der Waals surface area contributed by atoms with Crippen molar-refractivity contribution in [3.8, 4) is 5.75 Å². The summed E-state index contributed by atoms with van der Waals surface area (Å²) in [4.78, 5) is 4.79. The van der Waals surface area contributed by atoms with Gasteiger partial charge in [0.1, 0.15) is 11.5 Å². The second-order valence-corrected chi connectivity index (χ2v) is 7.23. The molecule has 1 heterocycles. The van der Waals surface area contributed by atoms with Gasteiger partial charge in [-0.15, -0.1) is 0 Å². The third-order valence-electron chi connectivity index (χ3n) is 5.29. The zero-order valence-corrected chi connectivity index (χ0v) is 16.5. The van der Waals surface area contributed by atoms with Gasteiger partial charge in [0.05, 0.1) is 5.69 Å². The van der Waals surface area contributed by atoms with E-state index in [1.165, 1.54) is 5.56 Å². The van der Waals surface area contributed by atoms with E-state index in [1.54, 1.807) is 0 Å². The number of allylic oxidation sites excluding steroid dienone is 1. The molecule has 0 aliphatic carbocycles. The van der Waals surface area contributed by atoms with Crippen molar-refractivity contribution in [2.24, 2.45) is 4.99 Å². The minimum absolute atomic E-state index is 0.0406. The Morgan fingerprint density at radius 2 is 1.23 bits per heavy atom. The maximum atomic E-state index is 6.46. The van der Waals surface area contributed by atoms with E-state index >= 15 is 0 Å². The number of hydrogen-bond donors (Lipinski definition) is 0. The normalized spacial score (nSPS) is 15.7. The number of fused-ring (bicyclic) bond motifs is 1. The highest BCUT2D eigenvalue weighted by molar-refractivity contribution is 5.95. The van der Waals surface area contributed by atoms with Crippen LogP contribution >= 0.6 is 0 Å². The van der Waals surface area contributed by atoms with Crippen LogP contribution in [0.3, 0.4) is 0 Å². The molecule has 0 fully saturated rings. The van der Waals surface area contributed by atoms with Crippen molar-refractivity contribution in [3.05, 3.63) is 138 Å². The Morgan fingerprint density at radius 3 is 1.97 bits per heavy atom. The molecule has 0 radical (unpaired) electrons. The Balaban J connectivity index is 1.73. The summed E-state index contributed by atoms with van der Waals surface area (Å²) < 4.78 is 6.46. The van der Waals surface area contributed by atoms with Gasteiger partial charge in [-0.05, 0) is 23.8 Å². The third-order valence-corrected chi connectivity index (χ3v) is 5.29. The van der Waals surface area contributed by atoms with Gasteiger partial charge in [0.2, 0.25) is 0 Å². The molecule has 30 heavy (non-hydrogen) atoms. The number of hydrogen-bond acceptors (Lipinski definition) is 2. The largest absolute Gasteiger partial charge is 0.456 e. The summed E-state index contributed by atoms with van der Waals surface area (Å²) in [6.45, 7) is 0. The molecule has 1 aliphatic rings. The molecule has 0 unspecified atom stereocenters. The van der Waals surface area contributed by atoms with Crippen LogP contribution in [0.1, 0.15) is 22.6 Å². The van der Waals surface area contributed by atoms with E-state index in [0.717, 1.165) is 33.9 Å². The van der Waals surface area contributed by atoms with Crippen molar-refractivity contribution in [3.63, 3.8) is 0 Å². The van der Waals surface area contributed by atoms with Crippen molar-refractivity contribution in [2.75, 3.05) is 0 Å². The first-order valence-electron chi connectivity index (χ1n) is 10.1. The van der Waals surface area contributed by atoms with E-state index in [4.69, 9.17) is 9.73 Å².